The van der Waals surface area contributed by atoms with E-state index in [9.17, 15) is 9.59 Å². The van der Waals surface area contributed by atoms with Gasteiger partial charge in [-0.1, -0.05) is 59.4 Å². The maximum absolute atomic E-state index is 12.9. The summed E-state index contributed by atoms with van der Waals surface area (Å²) in [6, 6.07) is 14.0. The van der Waals surface area contributed by atoms with Gasteiger partial charge in [-0.25, -0.2) is 4.79 Å². The van der Waals surface area contributed by atoms with Crippen LogP contribution in [-0.4, -0.2) is 21.5 Å². The summed E-state index contributed by atoms with van der Waals surface area (Å²) in [4.78, 5) is 25.8. The number of anilines is 1. The maximum Gasteiger partial charge on any atom is 0.353 e. The lowest BCUT2D eigenvalue weighted by atomic mass is 10.1. The molecule has 28 heavy (non-hydrogen) atoms. The van der Waals surface area contributed by atoms with Gasteiger partial charge in [-0.05, 0) is 42.6 Å². The molecule has 1 N–H and O–H groups in total. The van der Waals surface area contributed by atoms with Crippen LogP contribution in [0.5, 0.6) is 0 Å². The van der Waals surface area contributed by atoms with E-state index in [1.54, 1.807) is 42.5 Å². The SMILES string of the molecule is CCc1nnsc1C(=O)O[C@@H](C(=O)Nc1ccc(C)c(Cl)c1)c1ccccc1. The molecule has 0 saturated heterocycles. The van der Waals surface area contributed by atoms with E-state index in [1.807, 2.05) is 19.9 Å². The largest absolute Gasteiger partial charge is 0.443 e. The molecule has 0 saturated carbocycles. The molecule has 0 unspecified atom stereocenters. The number of aryl methyl sites for hydroxylation is 2. The van der Waals surface area contributed by atoms with Crippen molar-refractivity contribution in [2.24, 2.45) is 0 Å². The third kappa shape index (κ3) is 4.55. The van der Waals surface area contributed by atoms with E-state index in [0.29, 0.717) is 33.3 Å². The molecule has 1 aromatic heterocycles. The number of halogens is 1. The molecule has 144 valence electrons. The van der Waals surface area contributed by atoms with Crippen LogP contribution in [0.1, 0.15) is 39.5 Å². The molecule has 0 aliphatic rings. The van der Waals surface area contributed by atoms with Crippen molar-refractivity contribution in [3.63, 3.8) is 0 Å². The quantitative estimate of drug-likeness (QED) is 0.595. The standard InChI is InChI=1S/C20H18ClN3O3S/c1-3-16-18(28-24-23-16)20(26)27-17(13-7-5-4-6-8-13)19(25)22-14-10-9-12(2)15(21)11-14/h4-11,17H,3H2,1-2H3,(H,22,25)/t17-/m1/s1. The van der Waals surface area contributed by atoms with Crippen molar-refractivity contribution in [2.45, 2.75) is 26.4 Å². The molecule has 6 nitrogen and oxygen atoms in total. The molecular weight excluding hydrogens is 398 g/mol. The minimum atomic E-state index is -1.12. The van der Waals surface area contributed by atoms with E-state index in [0.717, 1.165) is 17.1 Å². The minimum Gasteiger partial charge on any atom is -0.443 e. The van der Waals surface area contributed by atoms with Gasteiger partial charge in [-0.3, -0.25) is 4.79 Å². The molecule has 0 fully saturated rings. The van der Waals surface area contributed by atoms with Crippen LogP contribution < -0.4 is 5.32 Å². The second kappa shape index (κ2) is 8.95. The van der Waals surface area contributed by atoms with Crippen LogP contribution in [0.3, 0.4) is 0 Å². The summed E-state index contributed by atoms with van der Waals surface area (Å²) in [5.74, 6) is -1.10. The number of nitrogens with one attached hydrogen (secondary N) is 1. The number of carbonyl (C=O) groups excluding carboxylic acids is 2. The summed E-state index contributed by atoms with van der Waals surface area (Å²) in [6.07, 6.45) is -0.578. The zero-order chi connectivity index (χ0) is 20.1. The van der Waals surface area contributed by atoms with E-state index in [2.05, 4.69) is 14.9 Å². The Morgan fingerprint density at radius 2 is 1.96 bits per heavy atom. The molecule has 3 aromatic rings. The molecule has 1 heterocycles. The summed E-state index contributed by atoms with van der Waals surface area (Å²) < 4.78 is 9.36. The average Bonchev–Trinajstić information content (AvgIpc) is 3.18. The van der Waals surface area contributed by atoms with Gasteiger partial charge in [-0.15, -0.1) is 5.10 Å². The predicted molar refractivity (Wildman–Crippen MR) is 109 cm³/mol. The van der Waals surface area contributed by atoms with Gasteiger partial charge in [0.25, 0.3) is 5.91 Å². The Kier molecular flexibility index (Phi) is 6.38. The van der Waals surface area contributed by atoms with Crippen LogP contribution in [-0.2, 0) is 16.0 Å². The van der Waals surface area contributed by atoms with Gasteiger partial charge in [0, 0.05) is 16.3 Å². The number of rotatable bonds is 6. The fourth-order valence-electron chi connectivity index (χ4n) is 2.53. The fraction of sp³-hybridized carbons (Fsp3) is 0.200. The first kappa shape index (κ1) is 20.0. The van der Waals surface area contributed by atoms with Crippen LogP contribution in [0.15, 0.2) is 48.5 Å². The van der Waals surface area contributed by atoms with E-state index in [4.69, 9.17) is 16.3 Å². The number of hydrogen-bond acceptors (Lipinski definition) is 6. The minimum absolute atomic E-state index is 0.301. The van der Waals surface area contributed by atoms with Gasteiger partial charge in [0.2, 0.25) is 6.10 Å². The normalized spacial score (nSPS) is 11.7. The lowest BCUT2D eigenvalue weighted by Crippen LogP contribution is -2.26. The van der Waals surface area contributed by atoms with Crippen molar-refractivity contribution in [2.75, 3.05) is 5.32 Å². The van der Waals surface area contributed by atoms with Crippen LogP contribution in [0.2, 0.25) is 5.02 Å². The lowest BCUT2D eigenvalue weighted by molar-refractivity contribution is -0.125. The number of amides is 1. The first-order chi connectivity index (χ1) is 13.5. The number of aromatic nitrogens is 2. The molecule has 0 spiro atoms. The van der Waals surface area contributed by atoms with Gasteiger partial charge in [0.05, 0.1) is 5.69 Å². The van der Waals surface area contributed by atoms with Crippen molar-refractivity contribution in [1.29, 1.82) is 0 Å². The van der Waals surface area contributed by atoms with Crippen LogP contribution in [0.4, 0.5) is 5.69 Å². The summed E-state index contributed by atoms with van der Waals surface area (Å²) >= 11 is 7.08. The third-order valence-electron chi connectivity index (χ3n) is 4.08. The van der Waals surface area contributed by atoms with Crippen LogP contribution in [0.25, 0.3) is 0 Å². The summed E-state index contributed by atoms with van der Waals surface area (Å²) in [5.41, 5.74) is 2.52. The van der Waals surface area contributed by atoms with Gasteiger partial charge < -0.3 is 10.1 Å². The molecule has 0 bridgehead atoms. The van der Waals surface area contributed by atoms with Crippen molar-refractivity contribution in [3.8, 4) is 0 Å². The smallest absolute Gasteiger partial charge is 0.353 e. The monoisotopic (exact) mass is 415 g/mol. The van der Waals surface area contributed by atoms with Gasteiger partial charge in [-0.2, -0.15) is 0 Å². The third-order valence-corrected chi connectivity index (χ3v) is 5.24. The number of ether oxygens (including phenoxy) is 1. The molecule has 1 amide bonds. The molecule has 3 rings (SSSR count). The van der Waals surface area contributed by atoms with E-state index >= 15 is 0 Å². The first-order valence-corrected chi connectivity index (χ1v) is 9.79. The van der Waals surface area contributed by atoms with E-state index in [1.165, 1.54) is 0 Å². The van der Waals surface area contributed by atoms with Crippen molar-refractivity contribution < 1.29 is 14.3 Å². The number of benzene rings is 2. The highest BCUT2D eigenvalue weighted by Gasteiger charge is 2.28. The highest BCUT2D eigenvalue weighted by Crippen LogP contribution is 2.25. The topological polar surface area (TPSA) is 81.2 Å². The Morgan fingerprint density at radius 3 is 2.64 bits per heavy atom. The summed E-state index contributed by atoms with van der Waals surface area (Å²) in [5, 5.41) is 7.21. The lowest BCUT2D eigenvalue weighted by Gasteiger charge is -2.18. The first-order valence-electron chi connectivity index (χ1n) is 8.63. The maximum atomic E-state index is 12.9. The van der Waals surface area contributed by atoms with Crippen molar-refractivity contribution in [3.05, 3.63) is 75.3 Å². The number of hydrogen-bond donors (Lipinski definition) is 1. The Morgan fingerprint density at radius 1 is 1.21 bits per heavy atom. The Bertz CT molecular complexity index is 991. The van der Waals surface area contributed by atoms with Gasteiger partial charge in [0.15, 0.2) is 4.88 Å². The second-order valence-corrected chi connectivity index (χ2v) is 7.21. The zero-order valence-corrected chi connectivity index (χ0v) is 16.9. The fourth-order valence-corrected chi connectivity index (χ4v) is 3.35. The molecule has 8 heteroatoms. The molecule has 2 aromatic carbocycles. The average molecular weight is 416 g/mol. The number of esters is 1. The summed E-state index contributed by atoms with van der Waals surface area (Å²) in [7, 11) is 0. The highest BCUT2D eigenvalue weighted by atomic mass is 35.5. The number of nitrogens with zero attached hydrogens (tertiary/aromatic N) is 2. The number of carbonyl (C=O) groups is 2. The van der Waals surface area contributed by atoms with Gasteiger partial charge >= 0.3 is 5.97 Å². The molecule has 0 aliphatic heterocycles. The second-order valence-electron chi connectivity index (χ2n) is 6.05. The molecule has 1 atom stereocenters. The van der Waals surface area contributed by atoms with Crippen LogP contribution in [0, 0.1) is 6.92 Å². The Labute approximate surface area is 171 Å². The van der Waals surface area contributed by atoms with Gasteiger partial charge in [0.1, 0.15) is 0 Å². The van der Waals surface area contributed by atoms with E-state index in [-0.39, 0.29) is 0 Å². The Hall–Kier alpha value is -2.77. The van der Waals surface area contributed by atoms with Crippen molar-refractivity contribution >= 4 is 40.7 Å². The zero-order valence-electron chi connectivity index (χ0n) is 15.3. The molecule has 0 aliphatic carbocycles. The predicted octanol–water partition coefficient (Wildman–Crippen LogP) is 4.60. The van der Waals surface area contributed by atoms with Crippen LogP contribution >= 0.6 is 23.1 Å². The highest BCUT2D eigenvalue weighted by molar-refractivity contribution is 7.07. The molecular formula is C20H18ClN3O3S. The van der Waals surface area contributed by atoms with Crippen molar-refractivity contribution in [1.82, 2.24) is 9.59 Å². The Balaban J connectivity index is 1.85. The summed E-state index contributed by atoms with van der Waals surface area (Å²) in [6.45, 7) is 3.74. The van der Waals surface area contributed by atoms with E-state index < -0.39 is 18.0 Å². The molecule has 0 radical (unpaired) electrons.